The van der Waals surface area contributed by atoms with Crippen molar-refractivity contribution in [1.82, 2.24) is 9.88 Å². The number of aromatic nitrogens is 1. The number of nitrogens with zero attached hydrogens (tertiary/aromatic N) is 2. The quantitative estimate of drug-likeness (QED) is 0.822. The van der Waals surface area contributed by atoms with Gasteiger partial charge in [0.2, 0.25) is 0 Å². The fraction of sp³-hybridized carbons (Fsp3) is 0.615. The Kier molecular flexibility index (Phi) is 4.75. The maximum atomic E-state index is 5.07. The average molecular weight is 237 g/mol. The topological polar surface area (TPSA) is 37.4 Å². The molecule has 0 unspecified atom stereocenters. The van der Waals surface area contributed by atoms with Crippen molar-refractivity contribution >= 4 is 5.82 Å². The molecule has 96 valence electrons. The van der Waals surface area contributed by atoms with E-state index in [1.54, 1.807) is 13.3 Å². The zero-order chi connectivity index (χ0) is 12.9. The lowest BCUT2D eigenvalue weighted by Crippen LogP contribution is -2.34. The maximum absolute atomic E-state index is 5.07. The van der Waals surface area contributed by atoms with Crippen molar-refractivity contribution in [2.45, 2.75) is 13.8 Å². The van der Waals surface area contributed by atoms with Crippen LogP contribution in [0.5, 0.6) is 5.75 Å². The van der Waals surface area contributed by atoms with Gasteiger partial charge in [-0.3, -0.25) is 0 Å². The van der Waals surface area contributed by atoms with Crippen LogP contribution in [0, 0.1) is 5.41 Å². The van der Waals surface area contributed by atoms with Gasteiger partial charge in [0.15, 0.2) is 0 Å². The normalized spacial score (nSPS) is 11.6. The molecule has 0 aliphatic rings. The molecule has 0 aliphatic heterocycles. The van der Waals surface area contributed by atoms with E-state index in [2.05, 4.69) is 43.1 Å². The summed E-state index contributed by atoms with van der Waals surface area (Å²) in [5.41, 5.74) is 0.213. The van der Waals surface area contributed by atoms with Crippen molar-refractivity contribution in [1.29, 1.82) is 0 Å². The van der Waals surface area contributed by atoms with Gasteiger partial charge >= 0.3 is 0 Å². The molecular formula is C13H23N3O. The van der Waals surface area contributed by atoms with Crippen LogP contribution in [0.25, 0.3) is 0 Å². The highest BCUT2D eigenvalue weighted by atomic mass is 16.5. The van der Waals surface area contributed by atoms with Crippen LogP contribution in [0.15, 0.2) is 18.3 Å². The van der Waals surface area contributed by atoms with Gasteiger partial charge in [0.1, 0.15) is 11.6 Å². The maximum Gasteiger partial charge on any atom is 0.137 e. The van der Waals surface area contributed by atoms with Crippen LogP contribution >= 0.6 is 0 Å². The minimum atomic E-state index is 0.213. The monoisotopic (exact) mass is 237 g/mol. The van der Waals surface area contributed by atoms with E-state index in [0.717, 1.165) is 24.7 Å². The Hall–Kier alpha value is -1.29. The lowest BCUT2D eigenvalue weighted by Gasteiger charge is -2.28. The number of anilines is 1. The first-order valence-electron chi connectivity index (χ1n) is 5.81. The number of pyridine rings is 1. The molecule has 1 heterocycles. The van der Waals surface area contributed by atoms with E-state index in [-0.39, 0.29) is 5.41 Å². The first-order valence-corrected chi connectivity index (χ1v) is 5.81. The summed E-state index contributed by atoms with van der Waals surface area (Å²) in [6.45, 7) is 6.41. The smallest absolute Gasteiger partial charge is 0.137 e. The van der Waals surface area contributed by atoms with Crippen LogP contribution < -0.4 is 10.1 Å². The van der Waals surface area contributed by atoms with Gasteiger partial charge in [-0.25, -0.2) is 4.98 Å². The highest BCUT2D eigenvalue weighted by Crippen LogP contribution is 2.17. The van der Waals surface area contributed by atoms with Crippen LogP contribution in [0.4, 0.5) is 5.82 Å². The molecular weight excluding hydrogens is 214 g/mol. The van der Waals surface area contributed by atoms with Crippen LogP contribution in [0.2, 0.25) is 0 Å². The number of rotatable bonds is 6. The zero-order valence-corrected chi connectivity index (χ0v) is 11.4. The molecule has 17 heavy (non-hydrogen) atoms. The third-order valence-corrected chi connectivity index (χ3v) is 2.46. The first-order chi connectivity index (χ1) is 7.93. The molecule has 0 fully saturated rings. The summed E-state index contributed by atoms with van der Waals surface area (Å²) in [5, 5.41) is 3.35. The number of ether oxygens (including phenoxy) is 1. The van der Waals surface area contributed by atoms with Crippen molar-refractivity contribution < 1.29 is 4.74 Å². The average Bonchev–Trinajstić information content (AvgIpc) is 2.25. The summed E-state index contributed by atoms with van der Waals surface area (Å²) < 4.78 is 5.07. The van der Waals surface area contributed by atoms with E-state index < -0.39 is 0 Å². The second-order valence-electron chi connectivity index (χ2n) is 5.34. The van der Waals surface area contributed by atoms with Gasteiger partial charge in [0.25, 0.3) is 0 Å². The van der Waals surface area contributed by atoms with Crippen LogP contribution in [0.1, 0.15) is 13.8 Å². The summed E-state index contributed by atoms with van der Waals surface area (Å²) in [6, 6.07) is 3.85. The summed E-state index contributed by atoms with van der Waals surface area (Å²) in [6.07, 6.45) is 1.72. The molecule has 0 amide bonds. The Bertz CT molecular complexity index is 333. The van der Waals surface area contributed by atoms with E-state index in [1.165, 1.54) is 0 Å². The second kappa shape index (κ2) is 5.87. The van der Waals surface area contributed by atoms with Crippen molar-refractivity contribution in [3.63, 3.8) is 0 Å². The SMILES string of the molecule is COc1ccc(NCC(C)(C)CN(C)C)nc1. The molecule has 0 bridgehead atoms. The Labute approximate surface area is 104 Å². The van der Waals surface area contributed by atoms with Gasteiger partial charge in [-0.1, -0.05) is 13.8 Å². The van der Waals surface area contributed by atoms with Crippen LogP contribution in [-0.2, 0) is 0 Å². The van der Waals surface area contributed by atoms with Gasteiger partial charge in [-0.15, -0.1) is 0 Å². The third-order valence-electron chi connectivity index (χ3n) is 2.46. The molecule has 0 radical (unpaired) electrons. The molecule has 1 N–H and O–H groups in total. The predicted molar refractivity (Wildman–Crippen MR) is 71.6 cm³/mol. The summed E-state index contributed by atoms with van der Waals surface area (Å²) in [4.78, 5) is 6.48. The highest BCUT2D eigenvalue weighted by Gasteiger charge is 2.18. The van der Waals surface area contributed by atoms with E-state index in [1.807, 2.05) is 12.1 Å². The van der Waals surface area contributed by atoms with Crippen molar-refractivity contribution in [3.8, 4) is 5.75 Å². The fourth-order valence-corrected chi connectivity index (χ4v) is 1.85. The molecule has 1 rings (SSSR count). The largest absolute Gasteiger partial charge is 0.495 e. The first kappa shape index (κ1) is 13.8. The van der Waals surface area contributed by atoms with Crippen LogP contribution in [-0.4, -0.2) is 44.2 Å². The van der Waals surface area contributed by atoms with E-state index in [0.29, 0.717) is 0 Å². The zero-order valence-electron chi connectivity index (χ0n) is 11.4. The van der Waals surface area contributed by atoms with Gasteiger partial charge in [-0.05, 0) is 31.6 Å². The molecule has 1 aromatic heterocycles. The molecule has 0 saturated heterocycles. The highest BCUT2D eigenvalue weighted by molar-refractivity contribution is 5.37. The summed E-state index contributed by atoms with van der Waals surface area (Å²) >= 11 is 0. The second-order valence-corrected chi connectivity index (χ2v) is 5.34. The molecule has 0 atom stereocenters. The Balaban J connectivity index is 2.48. The van der Waals surface area contributed by atoms with E-state index in [4.69, 9.17) is 4.74 Å². The van der Waals surface area contributed by atoms with E-state index >= 15 is 0 Å². The Morgan fingerprint density at radius 1 is 1.35 bits per heavy atom. The minimum Gasteiger partial charge on any atom is -0.495 e. The fourth-order valence-electron chi connectivity index (χ4n) is 1.85. The molecule has 0 aromatic carbocycles. The van der Waals surface area contributed by atoms with Gasteiger partial charge in [-0.2, -0.15) is 0 Å². The van der Waals surface area contributed by atoms with E-state index in [9.17, 15) is 0 Å². The van der Waals surface area contributed by atoms with Crippen molar-refractivity contribution in [2.24, 2.45) is 5.41 Å². The lowest BCUT2D eigenvalue weighted by molar-refractivity contribution is 0.254. The third kappa shape index (κ3) is 5.04. The molecule has 4 heteroatoms. The molecule has 0 aliphatic carbocycles. The Morgan fingerprint density at radius 2 is 2.06 bits per heavy atom. The number of nitrogens with one attached hydrogen (secondary N) is 1. The molecule has 0 saturated carbocycles. The van der Waals surface area contributed by atoms with Crippen molar-refractivity contribution in [3.05, 3.63) is 18.3 Å². The van der Waals surface area contributed by atoms with Gasteiger partial charge in [0, 0.05) is 13.1 Å². The molecule has 0 spiro atoms. The van der Waals surface area contributed by atoms with Crippen molar-refractivity contribution in [2.75, 3.05) is 39.6 Å². The lowest BCUT2D eigenvalue weighted by atomic mass is 9.93. The molecule has 4 nitrogen and oxygen atoms in total. The number of hydrogen-bond donors (Lipinski definition) is 1. The Morgan fingerprint density at radius 3 is 2.53 bits per heavy atom. The summed E-state index contributed by atoms with van der Waals surface area (Å²) in [5.74, 6) is 1.67. The minimum absolute atomic E-state index is 0.213. The number of hydrogen-bond acceptors (Lipinski definition) is 4. The van der Waals surface area contributed by atoms with Crippen LogP contribution in [0.3, 0.4) is 0 Å². The number of methoxy groups -OCH3 is 1. The van der Waals surface area contributed by atoms with Gasteiger partial charge < -0.3 is 15.0 Å². The van der Waals surface area contributed by atoms with Gasteiger partial charge in [0.05, 0.1) is 13.3 Å². The predicted octanol–water partition coefficient (Wildman–Crippen LogP) is 2.09. The summed E-state index contributed by atoms with van der Waals surface area (Å²) in [7, 11) is 5.82. The molecule has 1 aromatic rings. The standard InChI is InChI=1S/C13H23N3O/c1-13(2,10-16(3)4)9-15-12-7-6-11(17-5)8-14-12/h6-8H,9-10H2,1-5H3,(H,14,15).